The van der Waals surface area contributed by atoms with E-state index in [0.29, 0.717) is 23.0 Å². The molecule has 0 aliphatic rings. The molecule has 0 fully saturated rings. The molecule has 0 aliphatic heterocycles. The van der Waals surface area contributed by atoms with Crippen molar-refractivity contribution in [3.63, 3.8) is 0 Å². The van der Waals surface area contributed by atoms with Gasteiger partial charge in [-0.15, -0.1) is 11.3 Å². The molecule has 1 aromatic heterocycles. The molecule has 0 spiro atoms. The second kappa shape index (κ2) is 5.98. The van der Waals surface area contributed by atoms with E-state index in [1.165, 1.54) is 11.3 Å². The normalized spacial score (nSPS) is 12.3. The molecule has 0 amide bonds. The van der Waals surface area contributed by atoms with Crippen LogP contribution in [-0.4, -0.2) is 16.1 Å². The lowest BCUT2D eigenvalue weighted by Gasteiger charge is -2.09. The van der Waals surface area contributed by atoms with Crippen LogP contribution in [0.1, 0.15) is 23.6 Å². The van der Waals surface area contributed by atoms with E-state index in [1.807, 2.05) is 30.3 Å². The molecular formula is C13H12ClNO2S. The number of thiazole rings is 1. The monoisotopic (exact) mass is 281 g/mol. The molecule has 1 unspecified atom stereocenters. The summed E-state index contributed by atoms with van der Waals surface area (Å²) in [5.41, 5.74) is 1.68. The Labute approximate surface area is 114 Å². The minimum atomic E-state index is -0.854. The summed E-state index contributed by atoms with van der Waals surface area (Å²) in [5.74, 6) is -1.44. The van der Waals surface area contributed by atoms with E-state index in [4.69, 9.17) is 11.6 Å². The van der Waals surface area contributed by atoms with Gasteiger partial charge in [-0.1, -0.05) is 41.9 Å². The predicted molar refractivity (Wildman–Crippen MR) is 72.3 cm³/mol. The van der Waals surface area contributed by atoms with Gasteiger partial charge in [0.1, 0.15) is 5.92 Å². The fraction of sp³-hybridized carbons (Fsp3) is 0.231. The number of rotatable bonds is 5. The van der Waals surface area contributed by atoms with Crippen molar-refractivity contribution in [1.29, 1.82) is 0 Å². The lowest BCUT2D eigenvalue weighted by Crippen LogP contribution is -2.13. The van der Waals surface area contributed by atoms with Crippen molar-refractivity contribution in [2.24, 2.45) is 0 Å². The van der Waals surface area contributed by atoms with E-state index in [-0.39, 0.29) is 0 Å². The van der Waals surface area contributed by atoms with Crippen LogP contribution in [0.5, 0.6) is 0 Å². The van der Waals surface area contributed by atoms with Gasteiger partial charge in [0.05, 0.1) is 5.69 Å². The highest BCUT2D eigenvalue weighted by atomic mass is 35.5. The van der Waals surface area contributed by atoms with E-state index < -0.39 is 11.9 Å². The Morgan fingerprint density at radius 1 is 1.39 bits per heavy atom. The maximum absolute atomic E-state index is 11.3. The Hall–Kier alpha value is -1.39. The second-order valence-electron chi connectivity index (χ2n) is 3.94. The van der Waals surface area contributed by atoms with Crippen LogP contribution in [0.25, 0.3) is 0 Å². The third-order valence-corrected chi connectivity index (χ3v) is 3.71. The van der Waals surface area contributed by atoms with Crippen molar-refractivity contribution in [2.45, 2.75) is 18.8 Å². The summed E-state index contributed by atoms with van der Waals surface area (Å²) in [7, 11) is 0. The molecule has 1 heterocycles. The van der Waals surface area contributed by atoms with Crippen LogP contribution < -0.4 is 0 Å². The highest BCUT2D eigenvalue weighted by molar-refractivity contribution is 7.14. The summed E-state index contributed by atoms with van der Waals surface area (Å²) in [4.78, 5) is 15.3. The van der Waals surface area contributed by atoms with Crippen LogP contribution in [0.4, 0.5) is 0 Å². The van der Waals surface area contributed by atoms with Gasteiger partial charge in [0, 0.05) is 5.38 Å². The SMILES string of the molecule is O=C(O)C(CCc1ccccc1)c1csc(Cl)n1. The summed E-state index contributed by atoms with van der Waals surface area (Å²) in [5, 5.41) is 10.9. The van der Waals surface area contributed by atoms with Crippen molar-refractivity contribution in [3.8, 4) is 0 Å². The number of carboxylic acid groups (broad SMARTS) is 1. The van der Waals surface area contributed by atoms with Crippen LogP contribution in [0.3, 0.4) is 0 Å². The van der Waals surface area contributed by atoms with E-state index in [9.17, 15) is 9.90 Å². The summed E-state index contributed by atoms with van der Waals surface area (Å²) in [6.45, 7) is 0. The molecule has 18 heavy (non-hydrogen) atoms. The van der Waals surface area contributed by atoms with Crippen LogP contribution in [-0.2, 0) is 11.2 Å². The van der Waals surface area contributed by atoms with Crippen molar-refractivity contribution >= 4 is 28.9 Å². The molecule has 1 atom stereocenters. The van der Waals surface area contributed by atoms with Gasteiger partial charge in [0.25, 0.3) is 0 Å². The Bertz CT molecular complexity index is 527. The van der Waals surface area contributed by atoms with Gasteiger partial charge in [-0.3, -0.25) is 4.79 Å². The molecule has 94 valence electrons. The number of hydrogen-bond acceptors (Lipinski definition) is 3. The first-order valence-corrected chi connectivity index (χ1v) is 6.80. The zero-order chi connectivity index (χ0) is 13.0. The van der Waals surface area contributed by atoms with Gasteiger partial charge in [-0.2, -0.15) is 0 Å². The molecule has 2 rings (SSSR count). The lowest BCUT2D eigenvalue weighted by molar-refractivity contribution is -0.139. The minimum Gasteiger partial charge on any atom is -0.481 e. The molecule has 3 nitrogen and oxygen atoms in total. The average Bonchev–Trinajstić information content (AvgIpc) is 2.77. The summed E-state index contributed by atoms with van der Waals surface area (Å²) < 4.78 is 0.385. The van der Waals surface area contributed by atoms with Crippen molar-refractivity contribution in [3.05, 3.63) is 51.4 Å². The topological polar surface area (TPSA) is 50.2 Å². The number of aromatic nitrogens is 1. The molecule has 2 aromatic rings. The van der Waals surface area contributed by atoms with Gasteiger partial charge in [0.15, 0.2) is 4.47 Å². The third kappa shape index (κ3) is 3.31. The first-order valence-electron chi connectivity index (χ1n) is 5.54. The van der Waals surface area contributed by atoms with Crippen LogP contribution in [0.15, 0.2) is 35.7 Å². The summed E-state index contributed by atoms with van der Waals surface area (Å²) >= 11 is 7.00. The number of nitrogens with zero attached hydrogens (tertiary/aromatic N) is 1. The number of carbonyl (C=O) groups is 1. The van der Waals surface area contributed by atoms with Crippen LogP contribution >= 0.6 is 22.9 Å². The molecule has 0 aliphatic carbocycles. The number of halogens is 1. The van der Waals surface area contributed by atoms with Gasteiger partial charge in [0.2, 0.25) is 0 Å². The van der Waals surface area contributed by atoms with E-state index in [1.54, 1.807) is 5.38 Å². The second-order valence-corrected chi connectivity index (χ2v) is 5.38. The molecule has 0 saturated heterocycles. The first-order chi connectivity index (χ1) is 8.66. The van der Waals surface area contributed by atoms with Gasteiger partial charge in [-0.05, 0) is 18.4 Å². The van der Waals surface area contributed by atoms with E-state index >= 15 is 0 Å². The lowest BCUT2D eigenvalue weighted by atomic mass is 9.97. The number of hydrogen-bond donors (Lipinski definition) is 1. The molecule has 0 saturated carbocycles. The number of aliphatic carboxylic acids is 1. The minimum absolute atomic E-state index is 0.385. The van der Waals surface area contributed by atoms with Gasteiger partial charge in [-0.25, -0.2) is 4.98 Å². The van der Waals surface area contributed by atoms with Gasteiger partial charge >= 0.3 is 5.97 Å². The highest BCUT2D eigenvalue weighted by Crippen LogP contribution is 2.26. The molecular weight excluding hydrogens is 270 g/mol. The van der Waals surface area contributed by atoms with Crippen molar-refractivity contribution in [1.82, 2.24) is 4.98 Å². The third-order valence-electron chi connectivity index (χ3n) is 2.71. The van der Waals surface area contributed by atoms with Crippen LogP contribution in [0.2, 0.25) is 4.47 Å². The quantitative estimate of drug-likeness (QED) is 0.911. The molecule has 0 bridgehead atoms. The fourth-order valence-electron chi connectivity index (χ4n) is 1.78. The Morgan fingerprint density at radius 3 is 2.67 bits per heavy atom. The smallest absolute Gasteiger partial charge is 0.312 e. The van der Waals surface area contributed by atoms with E-state index in [0.717, 1.165) is 5.56 Å². The van der Waals surface area contributed by atoms with Crippen LogP contribution in [0, 0.1) is 0 Å². The van der Waals surface area contributed by atoms with E-state index in [2.05, 4.69) is 4.98 Å². The number of carboxylic acids is 1. The molecule has 1 aromatic carbocycles. The molecule has 1 N–H and O–H groups in total. The predicted octanol–water partition coefficient (Wildman–Crippen LogP) is 3.60. The van der Waals surface area contributed by atoms with Gasteiger partial charge < -0.3 is 5.11 Å². The maximum atomic E-state index is 11.3. The standard InChI is InChI=1S/C13H12ClNO2S/c14-13-15-11(8-18-13)10(12(16)17)7-6-9-4-2-1-3-5-9/h1-5,8,10H,6-7H2,(H,16,17). The Morgan fingerprint density at radius 2 is 2.11 bits per heavy atom. The summed E-state index contributed by atoms with van der Waals surface area (Å²) in [6.07, 6.45) is 1.24. The number of benzene rings is 1. The Kier molecular flexibility index (Phi) is 4.33. The van der Waals surface area contributed by atoms with Crippen molar-refractivity contribution < 1.29 is 9.90 Å². The highest BCUT2D eigenvalue weighted by Gasteiger charge is 2.22. The maximum Gasteiger partial charge on any atom is 0.312 e. The Balaban J connectivity index is 2.06. The summed E-state index contributed by atoms with van der Waals surface area (Å²) in [6, 6.07) is 9.83. The number of aryl methyl sites for hydroxylation is 1. The molecule has 0 radical (unpaired) electrons. The average molecular weight is 282 g/mol. The molecule has 5 heteroatoms. The zero-order valence-corrected chi connectivity index (χ0v) is 11.1. The largest absolute Gasteiger partial charge is 0.481 e. The fourth-order valence-corrected chi connectivity index (χ4v) is 2.60. The zero-order valence-electron chi connectivity index (χ0n) is 9.54. The van der Waals surface area contributed by atoms with Crippen molar-refractivity contribution in [2.75, 3.05) is 0 Å². The first kappa shape index (κ1) is 13.1.